The third-order valence-electron chi connectivity index (χ3n) is 4.53. The highest BCUT2D eigenvalue weighted by Crippen LogP contribution is 2.23. The maximum Gasteiger partial charge on any atom is 0.145 e. The van der Waals surface area contributed by atoms with E-state index in [1.54, 1.807) is 12.4 Å². The molecular weight excluding hydrogens is 380 g/mol. The van der Waals surface area contributed by atoms with Gasteiger partial charge in [0.1, 0.15) is 35.7 Å². The molecule has 0 fully saturated rings. The summed E-state index contributed by atoms with van der Waals surface area (Å²) in [7, 11) is 0. The average molecular weight is 404 g/mol. The average Bonchev–Trinajstić information content (AvgIpc) is 2.80. The standard InChI is InChI=1S/C24H24N2O4/c1-5-19-7-3-11-25-23(19)21(9-1)29-17-15-27-13-14-28-16-18-30-22-10-2-6-20-8-4-12-26-24(20)22/h1-12H,13-18H2. The van der Waals surface area contributed by atoms with Crippen LogP contribution in [0.4, 0.5) is 0 Å². The molecule has 0 amide bonds. The molecule has 2 heterocycles. The van der Waals surface area contributed by atoms with E-state index in [9.17, 15) is 0 Å². The van der Waals surface area contributed by atoms with Gasteiger partial charge in [0.05, 0.1) is 26.4 Å². The van der Waals surface area contributed by atoms with Crippen LogP contribution < -0.4 is 9.47 Å². The van der Waals surface area contributed by atoms with E-state index in [1.807, 2.05) is 60.7 Å². The van der Waals surface area contributed by atoms with Crippen molar-refractivity contribution in [2.75, 3.05) is 39.6 Å². The van der Waals surface area contributed by atoms with Crippen molar-refractivity contribution in [3.8, 4) is 11.5 Å². The molecule has 0 N–H and O–H groups in total. The highest BCUT2D eigenvalue weighted by molar-refractivity contribution is 5.84. The summed E-state index contributed by atoms with van der Waals surface area (Å²) in [6.07, 6.45) is 3.53. The number of aromatic nitrogens is 2. The second-order valence-electron chi connectivity index (χ2n) is 6.58. The molecule has 0 spiro atoms. The van der Waals surface area contributed by atoms with Gasteiger partial charge < -0.3 is 18.9 Å². The fraction of sp³-hybridized carbons (Fsp3) is 0.250. The summed E-state index contributed by atoms with van der Waals surface area (Å²) in [5.74, 6) is 1.54. The second-order valence-corrected chi connectivity index (χ2v) is 6.58. The quantitative estimate of drug-likeness (QED) is 0.348. The van der Waals surface area contributed by atoms with Gasteiger partial charge in [0.2, 0.25) is 0 Å². The molecule has 0 saturated carbocycles. The molecule has 4 rings (SSSR count). The number of nitrogens with zero attached hydrogens (tertiary/aromatic N) is 2. The molecule has 0 aliphatic rings. The van der Waals surface area contributed by atoms with E-state index >= 15 is 0 Å². The molecule has 0 aliphatic heterocycles. The Morgan fingerprint density at radius 3 is 1.43 bits per heavy atom. The van der Waals surface area contributed by atoms with Crippen LogP contribution in [0.5, 0.6) is 11.5 Å². The Morgan fingerprint density at radius 1 is 0.500 bits per heavy atom. The van der Waals surface area contributed by atoms with Gasteiger partial charge in [-0.25, -0.2) is 0 Å². The molecule has 0 radical (unpaired) electrons. The smallest absolute Gasteiger partial charge is 0.145 e. The van der Waals surface area contributed by atoms with Crippen LogP contribution >= 0.6 is 0 Å². The zero-order valence-corrected chi connectivity index (χ0v) is 16.7. The Hall–Kier alpha value is -3.22. The van der Waals surface area contributed by atoms with Crippen molar-refractivity contribution >= 4 is 21.8 Å². The van der Waals surface area contributed by atoms with Crippen LogP contribution in [0.1, 0.15) is 0 Å². The predicted octanol–water partition coefficient (Wildman–Crippen LogP) is 4.27. The maximum absolute atomic E-state index is 5.79. The minimum atomic E-state index is 0.465. The lowest BCUT2D eigenvalue weighted by Gasteiger charge is -2.10. The van der Waals surface area contributed by atoms with Gasteiger partial charge in [-0.2, -0.15) is 0 Å². The van der Waals surface area contributed by atoms with Crippen molar-refractivity contribution in [1.29, 1.82) is 0 Å². The Bertz CT molecular complexity index is 989. The van der Waals surface area contributed by atoms with Gasteiger partial charge in [-0.1, -0.05) is 36.4 Å². The third-order valence-corrected chi connectivity index (χ3v) is 4.53. The molecule has 6 heteroatoms. The van der Waals surface area contributed by atoms with Gasteiger partial charge in [0, 0.05) is 23.2 Å². The molecule has 2 aromatic heterocycles. The largest absolute Gasteiger partial charge is 0.489 e. The highest BCUT2D eigenvalue weighted by atomic mass is 16.6. The van der Waals surface area contributed by atoms with Crippen LogP contribution in [0, 0.1) is 0 Å². The third kappa shape index (κ3) is 5.23. The number of pyridine rings is 2. The summed E-state index contributed by atoms with van der Waals surface area (Å²) in [5, 5.41) is 2.12. The van der Waals surface area contributed by atoms with E-state index in [0.717, 1.165) is 33.3 Å². The topological polar surface area (TPSA) is 62.7 Å². The van der Waals surface area contributed by atoms with Crippen molar-refractivity contribution < 1.29 is 18.9 Å². The van der Waals surface area contributed by atoms with Crippen LogP contribution in [-0.4, -0.2) is 49.6 Å². The van der Waals surface area contributed by atoms with Crippen LogP contribution in [0.2, 0.25) is 0 Å². The Balaban J connectivity index is 1.08. The first kappa shape index (κ1) is 20.1. The summed E-state index contributed by atoms with van der Waals surface area (Å²) < 4.78 is 22.7. The highest BCUT2D eigenvalue weighted by Gasteiger charge is 2.03. The monoisotopic (exact) mass is 404 g/mol. The van der Waals surface area contributed by atoms with Crippen molar-refractivity contribution in [3.05, 3.63) is 73.1 Å². The number of ether oxygens (including phenoxy) is 4. The van der Waals surface area contributed by atoms with E-state index in [-0.39, 0.29) is 0 Å². The van der Waals surface area contributed by atoms with E-state index < -0.39 is 0 Å². The van der Waals surface area contributed by atoms with E-state index in [0.29, 0.717) is 39.6 Å². The summed E-state index contributed by atoms with van der Waals surface area (Å²) >= 11 is 0. The van der Waals surface area contributed by atoms with Crippen molar-refractivity contribution in [3.63, 3.8) is 0 Å². The molecule has 0 aliphatic carbocycles. The zero-order chi connectivity index (χ0) is 20.4. The predicted molar refractivity (Wildman–Crippen MR) is 116 cm³/mol. The maximum atomic E-state index is 5.79. The van der Waals surface area contributed by atoms with E-state index in [2.05, 4.69) is 9.97 Å². The fourth-order valence-electron chi connectivity index (χ4n) is 3.13. The first-order chi connectivity index (χ1) is 14.9. The van der Waals surface area contributed by atoms with Crippen molar-refractivity contribution in [2.45, 2.75) is 0 Å². The first-order valence-corrected chi connectivity index (χ1v) is 10.0. The molecule has 30 heavy (non-hydrogen) atoms. The van der Waals surface area contributed by atoms with Crippen LogP contribution in [-0.2, 0) is 9.47 Å². The van der Waals surface area contributed by atoms with Crippen LogP contribution in [0.25, 0.3) is 21.8 Å². The molecule has 154 valence electrons. The Labute approximate surface area is 175 Å². The number of rotatable bonds is 11. The Morgan fingerprint density at radius 2 is 0.933 bits per heavy atom. The van der Waals surface area contributed by atoms with Crippen molar-refractivity contribution in [2.24, 2.45) is 0 Å². The van der Waals surface area contributed by atoms with Gasteiger partial charge in [0.15, 0.2) is 0 Å². The minimum Gasteiger partial charge on any atom is -0.489 e. The molecule has 0 unspecified atom stereocenters. The van der Waals surface area contributed by atoms with E-state index in [4.69, 9.17) is 18.9 Å². The van der Waals surface area contributed by atoms with Gasteiger partial charge in [-0.3, -0.25) is 9.97 Å². The molecule has 2 aromatic carbocycles. The molecule has 4 aromatic rings. The summed E-state index contributed by atoms with van der Waals surface area (Å²) in [5.41, 5.74) is 1.73. The van der Waals surface area contributed by atoms with Gasteiger partial charge in [-0.15, -0.1) is 0 Å². The van der Waals surface area contributed by atoms with E-state index in [1.165, 1.54) is 0 Å². The number of para-hydroxylation sites is 2. The first-order valence-electron chi connectivity index (χ1n) is 10.0. The number of benzene rings is 2. The number of hydrogen-bond acceptors (Lipinski definition) is 6. The van der Waals surface area contributed by atoms with Gasteiger partial charge in [0.25, 0.3) is 0 Å². The molecule has 0 atom stereocenters. The van der Waals surface area contributed by atoms with Crippen molar-refractivity contribution in [1.82, 2.24) is 9.97 Å². The number of hydrogen-bond donors (Lipinski definition) is 0. The lowest BCUT2D eigenvalue weighted by molar-refractivity contribution is 0.0276. The SMILES string of the molecule is c1cnc2c(OCCOCCOCCOc3cccc4cccnc34)cccc2c1. The summed E-state index contributed by atoms with van der Waals surface area (Å²) in [4.78, 5) is 8.75. The fourth-order valence-corrected chi connectivity index (χ4v) is 3.13. The molecule has 0 bridgehead atoms. The number of fused-ring (bicyclic) bond motifs is 2. The lowest BCUT2D eigenvalue weighted by atomic mass is 10.2. The Kier molecular flexibility index (Phi) is 7.04. The normalized spacial score (nSPS) is 11.1. The van der Waals surface area contributed by atoms with Crippen LogP contribution in [0.15, 0.2) is 73.1 Å². The van der Waals surface area contributed by atoms with Crippen LogP contribution in [0.3, 0.4) is 0 Å². The summed E-state index contributed by atoms with van der Waals surface area (Å²) in [6.45, 7) is 2.93. The molecular formula is C24H24N2O4. The summed E-state index contributed by atoms with van der Waals surface area (Å²) in [6, 6.07) is 19.7. The van der Waals surface area contributed by atoms with Gasteiger partial charge in [-0.05, 0) is 24.3 Å². The molecule has 0 saturated heterocycles. The molecule has 6 nitrogen and oxygen atoms in total. The second kappa shape index (κ2) is 10.5. The van der Waals surface area contributed by atoms with Gasteiger partial charge >= 0.3 is 0 Å². The zero-order valence-electron chi connectivity index (χ0n) is 16.7. The minimum absolute atomic E-state index is 0.465. The lowest BCUT2D eigenvalue weighted by Crippen LogP contribution is -2.13.